The van der Waals surface area contributed by atoms with Gasteiger partial charge in [-0.15, -0.1) is 5.10 Å². The predicted octanol–water partition coefficient (Wildman–Crippen LogP) is 1.81. The predicted molar refractivity (Wildman–Crippen MR) is 106 cm³/mol. The summed E-state index contributed by atoms with van der Waals surface area (Å²) in [6.07, 6.45) is 2.90. The lowest BCUT2D eigenvalue weighted by molar-refractivity contribution is -0.385. The molecule has 2 N–H and O–H groups in total. The summed E-state index contributed by atoms with van der Waals surface area (Å²) in [6.45, 7) is 0.131. The number of nitro groups is 1. The molecule has 0 aliphatic heterocycles. The molecule has 12 nitrogen and oxygen atoms in total. The van der Waals surface area contributed by atoms with Gasteiger partial charge in [0.2, 0.25) is 5.91 Å². The summed E-state index contributed by atoms with van der Waals surface area (Å²) >= 11 is 0. The first-order valence-electron chi connectivity index (χ1n) is 8.82. The van der Waals surface area contributed by atoms with Gasteiger partial charge < -0.3 is 15.4 Å². The summed E-state index contributed by atoms with van der Waals surface area (Å²) in [5, 5.41) is 24.3. The van der Waals surface area contributed by atoms with E-state index < -0.39 is 4.92 Å². The normalized spacial score (nSPS) is 10.5. The van der Waals surface area contributed by atoms with Crippen LogP contribution in [-0.2, 0) is 18.4 Å². The molecule has 0 radical (unpaired) electrons. The van der Waals surface area contributed by atoms with Crippen molar-refractivity contribution in [1.29, 1.82) is 0 Å². The van der Waals surface area contributed by atoms with Gasteiger partial charge in [-0.25, -0.2) is 0 Å². The van der Waals surface area contributed by atoms with Crippen molar-refractivity contribution in [3.63, 3.8) is 0 Å². The molecule has 0 saturated carbocycles. The van der Waals surface area contributed by atoms with Gasteiger partial charge in [0.15, 0.2) is 5.69 Å². The summed E-state index contributed by atoms with van der Waals surface area (Å²) in [6, 6.07) is 8.25. The average Bonchev–Trinajstić information content (AvgIpc) is 3.33. The van der Waals surface area contributed by atoms with Crippen LogP contribution in [0.2, 0.25) is 0 Å². The lowest BCUT2D eigenvalue weighted by atomic mass is 10.2. The van der Waals surface area contributed by atoms with Gasteiger partial charge >= 0.3 is 11.6 Å². The molecule has 2 aromatic heterocycles. The van der Waals surface area contributed by atoms with Crippen LogP contribution in [0.1, 0.15) is 16.9 Å². The fourth-order valence-electron chi connectivity index (χ4n) is 2.62. The number of amides is 2. The van der Waals surface area contributed by atoms with Gasteiger partial charge in [0.05, 0.1) is 18.6 Å². The highest BCUT2D eigenvalue weighted by Crippen LogP contribution is 2.24. The first-order valence-corrected chi connectivity index (χ1v) is 8.82. The minimum absolute atomic E-state index is 0.0342. The molecule has 156 valence electrons. The summed E-state index contributed by atoms with van der Waals surface area (Å²) in [7, 11) is 3.00. The molecule has 2 heterocycles. The van der Waals surface area contributed by atoms with Crippen molar-refractivity contribution in [2.75, 3.05) is 17.7 Å². The fraction of sp³-hybridized carbons (Fsp3) is 0.222. The Balaban J connectivity index is 1.57. The summed E-state index contributed by atoms with van der Waals surface area (Å²) in [5.41, 5.74) is 0.990. The van der Waals surface area contributed by atoms with Crippen LogP contribution < -0.4 is 15.4 Å². The zero-order valence-electron chi connectivity index (χ0n) is 16.2. The summed E-state index contributed by atoms with van der Waals surface area (Å²) < 4.78 is 7.65. The van der Waals surface area contributed by atoms with Gasteiger partial charge in [-0.1, -0.05) is 6.07 Å². The van der Waals surface area contributed by atoms with Crippen LogP contribution in [0.25, 0.3) is 0 Å². The maximum absolute atomic E-state index is 12.2. The third-order valence-corrected chi connectivity index (χ3v) is 4.02. The number of methoxy groups -OCH3 is 1. The number of aryl methyl sites for hydroxylation is 2. The number of nitrogens with one attached hydrogen (secondary N) is 2. The second-order valence-electron chi connectivity index (χ2n) is 6.25. The number of benzene rings is 1. The van der Waals surface area contributed by atoms with Crippen molar-refractivity contribution in [2.45, 2.75) is 13.0 Å². The standard InChI is InChI=1S/C18H19N7O5/c1-23-8-6-14(21-23)17(27)20-13-5-3-4-12(10-13)19-16(26)7-9-24-11-15(25(28)29)18(22-24)30-2/h3-6,8,10-11H,7,9H2,1-2H3,(H,19,26)(H,20,27). The van der Waals surface area contributed by atoms with Crippen LogP contribution >= 0.6 is 0 Å². The van der Waals surface area contributed by atoms with Gasteiger partial charge in [-0.2, -0.15) is 5.10 Å². The van der Waals surface area contributed by atoms with E-state index in [1.807, 2.05) is 0 Å². The number of nitrogens with zero attached hydrogens (tertiary/aromatic N) is 5. The van der Waals surface area contributed by atoms with Crippen molar-refractivity contribution >= 4 is 28.9 Å². The molecular formula is C18H19N7O5. The van der Waals surface area contributed by atoms with E-state index in [0.717, 1.165) is 0 Å². The Morgan fingerprint density at radius 3 is 2.53 bits per heavy atom. The number of aromatic nitrogens is 4. The third kappa shape index (κ3) is 4.98. The minimum atomic E-state index is -0.604. The molecule has 0 aliphatic carbocycles. The van der Waals surface area contributed by atoms with Crippen molar-refractivity contribution in [2.24, 2.45) is 7.05 Å². The number of ether oxygens (including phenoxy) is 1. The second-order valence-corrected chi connectivity index (χ2v) is 6.25. The molecule has 1 aromatic carbocycles. The van der Waals surface area contributed by atoms with E-state index in [-0.39, 0.29) is 42.0 Å². The topological polar surface area (TPSA) is 146 Å². The van der Waals surface area contributed by atoms with Crippen LogP contribution in [0.15, 0.2) is 42.7 Å². The molecule has 3 aromatic rings. The molecule has 3 rings (SSSR count). The van der Waals surface area contributed by atoms with Crippen molar-refractivity contribution < 1.29 is 19.2 Å². The first-order chi connectivity index (χ1) is 14.4. The van der Waals surface area contributed by atoms with Crippen LogP contribution in [0.4, 0.5) is 17.1 Å². The molecule has 30 heavy (non-hydrogen) atoms. The van der Waals surface area contributed by atoms with E-state index in [9.17, 15) is 19.7 Å². The Labute approximate surface area is 170 Å². The summed E-state index contributed by atoms with van der Waals surface area (Å²) in [5.74, 6) is -0.801. The molecule has 0 bridgehead atoms. The van der Waals surface area contributed by atoms with E-state index in [2.05, 4.69) is 20.8 Å². The SMILES string of the molecule is COc1nn(CCC(=O)Nc2cccc(NC(=O)c3ccn(C)n3)c2)cc1[N+](=O)[O-]. The lowest BCUT2D eigenvalue weighted by Gasteiger charge is -2.08. The first kappa shape index (κ1) is 20.5. The van der Waals surface area contributed by atoms with E-state index in [4.69, 9.17) is 4.74 Å². The van der Waals surface area contributed by atoms with E-state index in [1.165, 1.54) is 22.7 Å². The summed E-state index contributed by atoms with van der Waals surface area (Å²) in [4.78, 5) is 34.7. The highest BCUT2D eigenvalue weighted by molar-refractivity contribution is 6.03. The van der Waals surface area contributed by atoms with Crippen molar-refractivity contribution in [1.82, 2.24) is 19.6 Å². The number of hydrogen-bond acceptors (Lipinski definition) is 7. The van der Waals surface area contributed by atoms with Gasteiger partial charge in [0.25, 0.3) is 5.91 Å². The van der Waals surface area contributed by atoms with Gasteiger partial charge in [-0.3, -0.25) is 29.1 Å². The number of anilines is 2. The van der Waals surface area contributed by atoms with Gasteiger partial charge in [0, 0.05) is 31.0 Å². The van der Waals surface area contributed by atoms with Crippen molar-refractivity contribution in [3.8, 4) is 5.88 Å². The second kappa shape index (κ2) is 8.86. The van der Waals surface area contributed by atoms with Crippen molar-refractivity contribution in [3.05, 3.63) is 58.5 Å². The Morgan fingerprint density at radius 2 is 1.93 bits per heavy atom. The molecule has 0 fully saturated rings. The molecule has 0 aliphatic rings. The fourth-order valence-corrected chi connectivity index (χ4v) is 2.62. The van der Waals surface area contributed by atoms with E-state index in [0.29, 0.717) is 11.4 Å². The Hall–Kier alpha value is -4.22. The van der Waals surface area contributed by atoms with E-state index in [1.54, 1.807) is 43.6 Å². The number of carbonyl (C=O) groups excluding carboxylic acids is 2. The Bertz CT molecular complexity index is 1090. The quantitative estimate of drug-likeness (QED) is 0.423. The third-order valence-electron chi connectivity index (χ3n) is 4.02. The smallest absolute Gasteiger partial charge is 0.350 e. The maximum atomic E-state index is 12.2. The molecule has 0 unspecified atom stereocenters. The molecule has 2 amide bonds. The molecule has 0 spiro atoms. The lowest BCUT2D eigenvalue weighted by Crippen LogP contribution is -2.16. The van der Waals surface area contributed by atoms with Crippen LogP contribution in [0, 0.1) is 10.1 Å². The zero-order chi connectivity index (χ0) is 21.7. The average molecular weight is 413 g/mol. The number of hydrogen-bond donors (Lipinski definition) is 2. The zero-order valence-corrected chi connectivity index (χ0v) is 16.2. The molecular weight excluding hydrogens is 394 g/mol. The van der Waals surface area contributed by atoms with Gasteiger partial charge in [0.1, 0.15) is 6.20 Å². The number of rotatable bonds is 8. The van der Waals surface area contributed by atoms with Gasteiger partial charge in [-0.05, 0) is 24.3 Å². The van der Waals surface area contributed by atoms with E-state index >= 15 is 0 Å². The monoisotopic (exact) mass is 413 g/mol. The highest BCUT2D eigenvalue weighted by atomic mass is 16.6. The maximum Gasteiger partial charge on any atom is 0.350 e. The minimum Gasteiger partial charge on any atom is -0.475 e. The molecule has 0 atom stereocenters. The largest absolute Gasteiger partial charge is 0.475 e. The molecule has 0 saturated heterocycles. The van der Waals surface area contributed by atoms with Crippen LogP contribution in [0.3, 0.4) is 0 Å². The van der Waals surface area contributed by atoms with Crippen LogP contribution in [0.5, 0.6) is 5.88 Å². The van der Waals surface area contributed by atoms with Crippen LogP contribution in [-0.4, -0.2) is 43.4 Å². The highest BCUT2D eigenvalue weighted by Gasteiger charge is 2.20. The Kier molecular flexibility index (Phi) is 6.05. The molecule has 12 heteroatoms. The Morgan fingerprint density at radius 1 is 1.20 bits per heavy atom. The number of carbonyl (C=O) groups is 2.